The van der Waals surface area contributed by atoms with E-state index in [1.54, 1.807) is 48.5 Å². The van der Waals surface area contributed by atoms with Crippen molar-refractivity contribution in [2.45, 2.75) is 148 Å². The number of ether oxygens (including phenoxy) is 4. The van der Waals surface area contributed by atoms with Crippen LogP contribution in [0.4, 0.5) is 9.59 Å². The second kappa shape index (κ2) is 16.5. The predicted molar refractivity (Wildman–Crippen MR) is 211 cm³/mol. The van der Waals surface area contributed by atoms with Crippen molar-refractivity contribution in [3.63, 3.8) is 0 Å². The van der Waals surface area contributed by atoms with Gasteiger partial charge in [0.25, 0.3) is 11.6 Å². The Bertz CT molecular complexity index is 1620. The number of hydrogen-bond donors (Lipinski definition) is 4. The van der Waals surface area contributed by atoms with E-state index >= 15 is 0 Å². The number of carbonyl (C=O) groups is 4. The molecule has 2 amide bonds. The minimum atomic E-state index is -1.48. The van der Waals surface area contributed by atoms with E-state index < -0.39 is 57.9 Å². The summed E-state index contributed by atoms with van der Waals surface area (Å²) in [5, 5.41) is 12.9. The lowest BCUT2D eigenvalue weighted by Gasteiger charge is -2.50. The average Bonchev–Trinajstić information content (AvgIpc) is 3.01. The van der Waals surface area contributed by atoms with Crippen LogP contribution in [0.3, 0.4) is 0 Å². The number of amides is 2. The third-order valence-corrected chi connectivity index (χ3v) is 9.90. The number of piperidine rings is 2. The van der Waals surface area contributed by atoms with Gasteiger partial charge in [-0.15, -0.1) is 0 Å². The number of benzene rings is 2. The van der Waals surface area contributed by atoms with Crippen molar-refractivity contribution in [1.29, 1.82) is 0 Å². The highest BCUT2D eigenvalue weighted by molar-refractivity contribution is 5.90. The van der Waals surface area contributed by atoms with Crippen LogP contribution in [0.1, 0.15) is 135 Å². The maximum absolute atomic E-state index is 13.3. The molecular formula is C43H64N4O8. The molecule has 0 saturated carbocycles. The molecule has 0 aliphatic carbocycles. The summed E-state index contributed by atoms with van der Waals surface area (Å²) in [6, 6.07) is 17.4. The van der Waals surface area contributed by atoms with Crippen LogP contribution in [0, 0.1) is 11.3 Å². The molecule has 2 aromatic rings. The fourth-order valence-electron chi connectivity index (χ4n) is 9.05. The van der Waals surface area contributed by atoms with Gasteiger partial charge in [-0.25, -0.2) is 19.2 Å². The molecule has 2 aliphatic heterocycles. The van der Waals surface area contributed by atoms with Crippen molar-refractivity contribution in [2.75, 3.05) is 13.1 Å². The molecule has 4 rings (SSSR count). The fourth-order valence-corrected chi connectivity index (χ4v) is 9.05. The van der Waals surface area contributed by atoms with Crippen molar-refractivity contribution in [2.24, 2.45) is 11.3 Å². The number of alkyl carbamates (subject to hydrolysis) is 2. The molecule has 0 bridgehead atoms. The highest BCUT2D eigenvalue weighted by Gasteiger charge is 2.54. The monoisotopic (exact) mass is 764 g/mol. The Labute approximate surface area is 327 Å². The molecule has 2 aromatic carbocycles. The number of rotatable bonds is 13. The normalized spacial score (nSPS) is 20.9. The second-order valence-electron chi connectivity index (χ2n) is 19.1. The molecule has 2 aliphatic rings. The Balaban J connectivity index is 1.32. The molecule has 4 N–H and O–H groups in total. The summed E-state index contributed by atoms with van der Waals surface area (Å²) in [4.78, 5) is 53.1. The third kappa shape index (κ3) is 13.2. The predicted octanol–water partition coefficient (Wildman–Crippen LogP) is 7.87. The third-order valence-electron chi connectivity index (χ3n) is 9.90. The van der Waals surface area contributed by atoms with Gasteiger partial charge in [-0.05, 0) is 104 Å². The summed E-state index contributed by atoms with van der Waals surface area (Å²) in [6.07, 6.45) is 1.14. The van der Waals surface area contributed by atoms with Gasteiger partial charge in [0.2, 0.25) is 0 Å². The Morgan fingerprint density at radius 2 is 0.982 bits per heavy atom. The van der Waals surface area contributed by atoms with Crippen molar-refractivity contribution in [3.8, 4) is 0 Å². The van der Waals surface area contributed by atoms with Gasteiger partial charge in [0, 0.05) is 60.9 Å². The molecular weight excluding hydrogens is 700 g/mol. The van der Waals surface area contributed by atoms with E-state index in [9.17, 15) is 19.2 Å². The smallest absolute Gasteiger partial charge is 0.410 e. The van der Waals surface area contributed by atoms with E-state index in [0.29, 0.717) is 30.6 Å². The quantitative estimate of drug-likeness (QED) is 0.117. The molecule has 12 nitrogen and oxygen atoms in total. The molecule has 1 unspecified atom stereocenters. The molecule has 0 aromatic heterocycles. The Morgan fingerprint density at radius 1 is 0.618 bits per heavy atom. The van der Waals surface area contributed by atoms with Crippen LogP contribution in [-0.2, 0) is 18.9 Å². The summed E-state index contributed by atoms with van der Waals surface area (Å²) in [6.45, 7) is 22.9. The van der Waals surface area contributed by atoms with E-state index in [0.717, 1.165) is 6.42 Å². The lowest BCUT2D eigenvalue weighted by atomic mass is 9.78. The molecule has 0 spiro atoms. The summed E-state index contributed by atoms with van der Waals surface area (Å²) < 4.78 is 24.1. The van der Waals surface area contributed by atoms with Gasteiger partial charge in [-0.2, -0.15) is 0 Å². The van der Waals surface area contributed by atoms with Crippen molar-refractivity contribution in [3.05, 3.63) is 71.8 Å². The summed E-state index contributed by atoms with van der Waals surface area (Å²) >= 11 is 0. The molecule has 304 valence electrons. The first-order valence-electron chi connectivity index (χ1n) is 19.4. The lowest BCUT2D eigenvalue weighted by molar-refractivity contribution is -0.210. The van der Waals surface area contributed by atoms with Crippen LogP contribution in [0.5, 0.6) is 0 Å². The minimum Gasteiger partial charge on any atom is -0.419 e. The number of hydrogen-bond acceptors (Lipinski definition) is 10. The topological polar surface area (TPSA) is 153 Å². The van der Waals surface area contributed by atoms with Gasteiger partial charge in [-0.1, -0.05) is 57.2 Å². The first-order chi connectivity index (χ1) is 25.3. The standard InChI is InChI=1S/C43H64N4O8/c1-30(25-45-36(51)55-43(28-40(8,9)47-41(10,11)29-43)53-34(49)32-20-16-13-17-21-32)24-37(2,3)22-23-44-35(50)54-42(26-38(4,5)46-39(6,7)27-42)52-33(48)31-18-14-12-15-19-31/h12-21,30,46-47H,22-29H2,1-11H3,(H,44,50)(H,45,51). The maximum atomic E-state index is 13.3. The molecule has 12 heteroatoms. The van der Waals surface area contributed by atoms with Gasteiger partial charge in [0.15, 0.2) is 0 Å². The van der Waals surface area contributed by atoms with E-state index in [2.05, 4.69) is 35.1 Å². The summed E-state index contributed by atoms with van der Waals surface area (Å²) in [5.41, 5.74) is -1.39. The van der Waals surface area contributed by atoms with Gasteiger partial charge in [0.1, 0.15) is 0 Å². The zero-order chi connectivity index (χ0) is 40.9. The first kappa shape index (κ1) is 43.6. The van der Waals surface area contributed by atoms with Crippen LogP contribution >= 0.6 is 0 Å². The van der Waals surface area contributed by atoms with E-state index in [1.165, 1.54) is 0 Å². The van der Waals surface area contributed by atoms with E-state index in [1.807, 2.05) is 74.4 Å². The van der Waals surface area contributed by atoms with Gasteiger partial charge in [0.05, 0.1) is 11.1 Å². The molecule has 2 fully saturated rings. The van der Waals surface area contributed by atoms with Crippen LogP contribution in [0.2, 0.25) is 0 Å². The highest BCUT2D eigenvalue weighted by Crippen LogP contribution is 2.41. The lowest BCUT2D eigenvalue weighted by Crippen LogP contribution is -2.65. The average molecular weight is 765 g/mol. The summed E-state index contributed by atoms with van der Waals surface area (Å²) in [7, 11) is 0. The van der Waals surface area contributed by atoms with Gasteiger partial charge >= 0.3 is 24.1 Å². The largest absolute Gasteiger partial charge is 0.419 e. The fraction of sp³-hybridized carbons (Fsp3) is 0.628. The number of esters is 2. The van der Waals surface area contributed by atoms with Crippen molar-refractivity contribution in [1.82, 2.24) is 21.3 Å². The summed E-state index contributed by atoms with van der Waals surface area (Å²) in [5.74, 6) is -4.01. The molecule has 55 heavy (non-hydrogen) atoms. The van der Waals surface area contributed by atoms with Gasteiger partial charge in [-0.3, -0.25) is 0 Å². The number of nitrogens with one attached hydrogen (secondary N) is 4. The van der Waals surface area contributed by atoms with E-state index in [4.69, 9.17) is 18.9 Å². The van der Waals surface area contributed by atoms with Crippen LogP contribution in [-0.4, -0.2) is 70.9 Å². The molecule has 1 atom stereocenters. The Hall–Kier alpha value is -4.16. The molecule has 0 radical (unpaired) electrons. The second-order valence-corrected chi connectivity index (χ2v) is 19.1. The first-order valence-corrected chi connectivity index (χ1v) is 19.4. The van der Waals surface area contributed by atoms with Crippen LogP contribution in [0.15, 0.2) is 60.7 Å². The van der Waals surface area contributed by atoms with Crippen molar-refractivity contribution < 1.29 is 38.1 Å². The Morgan fingerprint density at radius 3 is 1.36 bits per heavy atom. The van der Waals surface area contributed by atoms with Crippen molar-refractivity contribution >= 4 is 24.1 Å². The van der Waals surface area contributed by atoms with Crippen LogP contribution in [0.25, 0.3) is 0 Å². The van der Waals surface area contributed by atoms with E-state index in [-0.39, 0.29) is 37.0 Å². The zero-order valence-corrected chi connectivity index (χ0v) is 34.8. The van der Waals surface area contributed by atoms with Gasteiger partial charge < -0.3 is 40.2 Å². The Kier molecular flexibility index (Phi) is 13.1. The minimum absolute atomic E-state index is 0.0538. The molecule has 2 heterocycles. The van der Waals surface area contributed by atoms with Crippen LogP contribution < -0.4 is 21.3 Å². The zero-order valence-electron chi connectivity index (χ0n) is 34.8. The number of carbonyl (C=O) groups excluding carboxylic acids is 4. The SMILES string of the molecule is CC(CNC(=O)OC1(OC(=O)c2ccccc2)CC(C)(C)NC(C)(C)C1)CC(C)(C)CCNC(=O)OC1(OC(=O)c2ccccc2)CC(C)(C)NC(C)(C)C1. The maximum Gasteiger partial charge on any atom is 0.410 e. The highest BCUT2D eigenvalue weighted by atomic mass is 16.7. The molecule has 2 saturated heterocycles.